The van der Waals surface area contributed by atoms with Crippen molar-refractivity contribution in [1.82, 2.24) is 19.8 Å². The first kappa shape index (κ1) is 27.9. The van der Waals surface area contributed by atoms with Crippen LogP contribution in [0.4, 0.5) is 0 Å². The van der Waals surface area contributed by atoms with Gasteiger partial charge in [-0.05, 0) is 79.7 Å². The van der Waals surface area contributed by atoms with Gasteiger partial charge in [-0.1, -0.05) is 77.8 Å². The average molecular weight is 564 g/mol. The van der Waals surface area contributed by atoms with Crippen molar-refractivity contribution in [3.63, 3.8) is 0 Å². The highest BCUT2D eigenvalue weighted by Crippen LogP contribution is 2.32. The number of benzene rings is 3. The summed E-state index contributed by atoms with van der Waals surface area (Å²) >= 11 is 12.6. The molecule has 7 heteroatoms. The molecular formula is C32H36Cl2N4O. The van der Waals surface area contributed by atoms with Gasteiger partial charge in [0.05, 0.1) is 12.9 Å². The summed E-state index contributed by atoms with van der Waals surface area (Å²) in [6, 6.07) is 22.6. The van der Waals surface area contributed by atoms with Crippen molar-refractivity contribution in [2.24, 2.45) is 5.92 Å². The van der Waals surface area contributed by atoms with Crippen molar-refractivity contribution in [2.75, 3.05) is 26.2 Å². The second-order valence-corrected chi connectivity index (χ2v) is 11.5. The molecule has 1 aromatic heterocycles. The van der Waals surface area contributed by atoms with Gasteiger partial charge in [-0.15, -0.1) is 0 Å². The van der Waals surface area contributed by atoms with Crippen LogP contribution in [0.2, 0.25) is 10.0 Å². The van der Waals surface area contributed by atoms with E-state index in [-0.39, 0.29) is 0 Å². The van der Waals surface area contributed by atoms with E-state index in [1.54, 1.807) is 24.7 Å². The van der Waals surface area contributed by atoms with Crippen molar-refractivity contribution < 1.29 is 5.11 Å². The fraction of sp³-hybridized carbons (Fsp3) is 0.344. The Labute approximate surface area is 241 Å². The Morgan fingerprint density at radius 3 is 2.54 bits per heavy atom. The number of hydrogen-bond acceptors (Lipinski definition) is 4. The number of piperidine rings is 1. The maximum Gasteiger partial charge on any atom is 0.121 e. The van der Waals surface area contributed by atoms with Crippen LogP contribution in [0.5, 0.6) is 0 Å². The minimum Gasteiger partial charge on any atom is -0.382 e. The topological polar surface area (TPSA) is 53.3 Å². The van der Waals surface area contributed by atoms with Crippen LogP contribution < -0.4 is 5.32 Å². The third-order valence-electron chi connectivity index (χ3n) is 7.92. The minimum atomic E-state index is -1.19. The van der Waals surface area contributed by atoms with Crippen LogP contribution in [0.3, 0.4) is 0 Å². The molecule has 0 bridgehead atoms. The fourth-order valence-electron chi connectivity index (χ4n) is 5.64. The van der Waals surface area contributed by atoms with Gasteiger partial charge in [-0.2, -0.15) is 0 Å². The predicted molar refractivity (Wildman–Crippen MR) is 160 cm³/mol. The van der Waals surface area contributed by atoms with Crippen LogP contribution in [-0.2, 0) is 18.7 Å². The summed E-state index contributed by atoms with van der Waals surface area (Å²) in [5, 5.41) is 16.3. The number of hydrogen-bond donors (Lipinski definition) is 2. The third kappa shape index (κ3) is 6.92. The summed E-state index contributed by atoms with van der Waals surface area (Å²) < 4.78 is 1.87. The zero-order chi connectivity index (χ0) is 27.2. The highest BCUT2D eigenvalue weighted by atomic mass is 35.5. The van der Waals surface area contributed by atoms with Crippen LogP contribution in [-0.4, -0.2) is 45.7 Å². The number of rotatable bonds is 10. The van der Waals surface area contributed by atoms with E-state index in [1.165, 1.54) is 22.3 Å². The number of aliphatic hydroxyl groups is 1. The van der Waals surface area contributed by atoms with Gasteiger partial charge in [0.15, 0.2) is 0 Å². The van der Waals surface area contributed by atoms with Crippen LogP contribution in [0.15, 0.2) is 85.5 Å². The molecule has 0 spiro atoms. The zero-order valence-electron chi connectivity index (χ0n) is 22.4. The molecule has 0 radical (unpaired) electrons. The van der Waals surface area contributed by atoms with Gasteiger partial charge >= 0.3 is 0 Å². The lowest BCUT2D eigenvalue weighted by molar-refractivity contribution is 0.0173. The molecule has 5 rings (SSSR count). The van der Waals surface area contributed by atoms with Crippen LogP contribution in [0.1, 0.15) is 29.5 Å². The van der Waals surface area contributed by atoms with Gasteiger partial charge in [0, 0.05) is 41.1 Å². The number of halogens is 2. The highest BCUT2D eigenvalue weighted by molar-refractivity contribution is 6.35. The maximum atomic E-state index is 11.7. The lowest BCUT2D eigenvalue weighted by Gasteiger charge is -2.34. The zero-order valence-corrected chi connectivity index (χ0v) is 23.9. The van der Waals surface area contributed by atoms with E-state index < -0.39 is 5.60 Å². The van der Waals surface area contributed by atoms with Crippen LogP contribution >= 0.6 is 23.2 Å². The van der Waals surface area contributed by atoms with Crippen molar-refractivity contribution in [3.8, 4) is 11.1 Å². The van der Waals surface area contributed by atoms with Crippen molar-refractivity contribution in [2.45, 2.75) is 38.5 Å². The van der Waals surface area contributed by atoms with E-state index in [0.717, 1.165) is 39.0 Å². The first-order valence-electron chi connectivity index (χ1n) is 13.6. The van der Waals surface area contributed by atoms with Crippen molar-refractivity contribution >= 4 is 23.2 Å². The molecule has 0 saturated carbocycles. The molecule has 1 unspecified atom stereocenters. The minimum absolute atomic E-state index is 0.348. The second kappa shape index (κ2) is 12.7. The Morgan fingerprint density at radius 1 is 1.03 bits per heavy atom. The van der Waals surface area contributed by atoms with Crippen LogP contribution in [0.25, 0.3) is 11.1 Å². The molecule has 1 aliphatic rings. The molecule has 3 aromatic carbocycles. The van der Waals surface area contributed by atoms with Gasteiger partial charge < -0.3 is 15.0 Å². The smallest absolute Gasteiger partial charge is 0.121 e. The molecule has 1 atom stereocenters. The number of imidazole rings is 1. The molecule has 0 amide bonds. The Hall–Kier alpha value is -2.67. The molecule has 0 aliphatic carbocycles. The van der Waals surface area contributed by atoms with Crippen LogP contribution in [0, 0.1) is 12.8 Å². The summed E-state index contributed by atoms with van der Waals surface area (Å²) in [5.41, 5.74) is 4.83. The standard InChI is InChI=1S/C32H36Cl2N4O/c1-24-27(8-5-9-29(24)26-6-3-2-4-7-26)20-37-15-12-25(13-16-37)19-36-21-32(39,22-38-17-14-35-23-38)30-11-10-28(33)18-31(30)34/h2-11,14,17-18,23,25,36,39H,12-13,15-16,19-22H2,1H3. The fourth-order valence-corrected chi connectivity index (χ4v) is 6.23. The summed E-state index contributed by atoms with van der Waals surface area (Å²) in [6.45, 7) is 6.96. The number of nitrogens with zero attached hydrogens (tertiary/aromatic N) is 3. The number of nitrogens with one attached hydrogen (secondary N) is 1. The Balaban J connectivity index is 1.16. The highest BCUT2D eigenvalue weighted by Gasteiger charge is 2.32. The normalized spacial score (nSPS) is 16.3. The van der Waals surface area contributed by atoms with E-state index in [1.807, 2.05) is 16.8 Å². The van der Waals surface area contributed by atoms with Gasteiger partial charge in [-0.25, -0.2) is 4.98 Å². The van der Waals surface area contributed by atoms with E-state index in [9.17, 15) is 5.11 Å². The average Bonchev–Trinajstić information content (AvgIpc) is 3.44. The largest absolute Gasteiger partial charge is 0.382 e. The van der Waals surface area contributed by atoms with Gasteiger partial charge in [0.1, 0.15) is 5.60 Å². The van der Waals surface area contributed by atoms with Gasteiger partial charge in [0.25, 0.3) is 0 Å². The van der Waals surface area contributed by atoms with Crippen molar-refractivity contribution in [3.05, 3.63) is 112 Å². The molecule has 39 heavy (non-hydrogen) atoms. The maximum absolute atomic E-state index is 11.7. The summed E-state index contributed by atoms with van der Waals surface area (Å²) in [6.07, 6.45) is 7.53. The Bertz CT molecular complexity index is 1350. The van der Waals surface area contributed by atoms with E-state index in [4.69, 9.17) is 23.2 Å². The SMILES string of the molecule is Cc1c(CN2CCC(CNCC(O)(Cn3ccnc3)c3ccc(Cl)cc3Cl)CC2)cccc1-c1ccccc1. The lowest BCUT2D eigenvalue weighted by Crippen LogP contribution is -2.44. The quantitative estimate of drug-likeness (QED) is 0.230. The summed E-state index contributed by atoms with van der Waals surface area (Å²) in [4.78, 5) is 6.69. The molecule has 1 fully saturated rings. The number of aromatic nitrogens is 2. The van der Waals surface area contributed by atoms with Gasteiger partial charge in [0.2, 0.25) is 0 Å². The monoisotopic (exact) mass is 562 g/mol. The summed E-state index contributed by atoms with van der Waals surface area (Å²) in [7, 11) is 0. The van der Waals surface area contributed by atoms with E-state index >= 15 is 0 Å². The van der Waals surface area contributed by atoms with Crippen molar-refractivity contribution in [1.29, 1.82) is 0 Å². The lowest BCUT2D eigenvalue weighted by atomic mass is 9.91. The molecule has 5 nitrogen and oxygen atoms in total. The van der Waals surface area contributed by atoms with E-state index in [0.29, 0.717) is 34.6 Å². The number of likely N-dealkylation sites (tertiary alicyclic amines) is 1. The van der Waals surface area contributed by atoms with Gasteiger partial charge in [-0.3, -0.25) is 4.90 Å². The first-order chi connectivity index (χ1) is 18.9. The first-order valence-corrected chi connectivity index (χ1v) is 14.4. The molecule has 4 aromatic rings. The second-order valence-electron chi connectivity index (χ2n) is 10.7. The molecule has 204 valence electrons. The molecular weight excluding hydrogens is 527 g/mol. The Kier molecular flexibility index (Phi) is 9.06. The molecule has 1 saturated heterocycles. The predicted octanol–water partition coefficient (Wildman–Crippen LogP) is 6.55. The molecule has 1 aliphatic heterocycles. The molecule has 2 heterocycles. The molecule has 2 N–H and O–H groups in total. The van der Waals surface area contributed by atoms with E-state index in [2.05, 4.69) is 70.7 Å². The Morgan fingerprint density at radius 2 is 1.82 bits per heavy atom. The third-order valence-corrected chi connectivity index (χ3v) is 8.47. The summed E-state index contributed by atoms with van der Waals surface area (Å²) in [5.74, 6) is 0.566.